The van der Waals surface area contributed by atoms with Gasteiger partial charge in [0.15, 0.2) is 0 Å². The van der Waals surface area contributed by atoms with E-state index >= 15 is 0 Å². The van der Waals surface area contributed by atoms with Crippen molar-refractivity contribution in [2.45, 2.75) is 38.6 Å². The van der Waals surface area contributed by atoms with E-state index in [2.05, 4.69) is 52.7 Å². The van der Waals surface area contributed by atoms with Crippen LogP contribution in [0.1, 0.15) is 31.2 Å². The smallest absolute Gasteiger partial charge is 0.138 e. The second-order valence-electron chi connectivity index (χ2n) is 5.18. The fourth-order valence-electron chi connectivity index (χ4n) is 2.34. The normalized spacial score (nSPS) is 12.5. The van der Waals surface area contributed by atoms with Crippen LogP contribution in [0.25, 0.3) is 0 Å². The van der Waals surface area contributed by atoms with Gasteiger partial charge in [0, 0.05) is 19.5 Å². The molecule has 0 fully saturated rings. The molecule has 1 unspecified atom stereocenters. The van der Waals surface area contributed by atoms with E-state index in [1.807, 2.05) is 11.7 Å². The lowest BCUT2D eigenvalue weighted by Crippen LogP contribution is -2.33. The summed E-state index contributed by atoms with van der Waals surface area (Å²) in [6.07, 6.45) is 5.93. The molecule has 0 aliphatic carbocycles. The summed E-state index contributed by atoms with van der Waals surface area (Å²) in [5.41, 5.74) is 1.40. The van der Waals surface area contributed by atoms with Crippen molar-refractivity contribution in [3.8, 4) is 0 Å². The molecule has 1 atom stereocenters. The summed E-state index contributed by atoms with van der Waals surface area (Å²) < 4.78 is 1.86. The molecule has 4 nitrogen and oxygen atoms in total. The van der Waals surface area contributed by atoms with Gasteiger partial charge >= 0.3 is 0 Å². The Balaban J connectivity index is 1.91. The van der Waals surface area contributed by atoms with Gasteiger partial charge in [-0.05, 0) is 31.4 Å². The molecule has 20 heavy (non-hydrogen) atoms. The zero-order valence-electron chi connectivity index (χ0n) is 12.4. The van der Waals surface area contributed by atoms with Gasteiger partial charge in [-0.1, -0.05) is 37.3 Å². The van der Waals surface area contributed by atoms with Gasteiger partial charge in [-0.3, -0.25) is 4.68 Å². The molecule has 0 aliphatic heterocycles. The molecule has 0 aliphatic rings. The molecule has 0 spiro atoms. The highest BCUT2D eigenvalue weighted by molar-refractivity contribution is 5.14. The van der Waals surface area contributed by atoms with Gasteiger partial charge in [-0.15, -0.1) is 0 Å². The monoisotopic (exact) mass is 272 g/mol. The lowest BCUT2D eigenvalue weighted by atomic mass is 10.0. The van der Waals surface area contributed by atoms with Crippen LogP contribution in [0, 0.1) is 0 Å². The van der Waals surface area contributed by atoms with Gasteiger partial charge in [0.05, 0.1) is 0 Å². The maximum Gasteiger partial charge on any atom is 0.138 e. The van der Waals surface area contributed by atoms with Crippen molar-refractivity contribution in [3.63, 3.8) is 0 Å². The fourth-order valence-corrected chi connectivity index (χ4v) is 2.34. The fraction of sp³-hybridized carbons (Fsp3) is 0.500. The molecule has 0 saturated carbocycles. The van der Waals surface area contributed by atoms with E-state index in [0.717, 1.165) is 38.1 Å². The van der Waals surface area contributed by atoms with E-state index in [4.69, 9.17) is 0 Å². The molecule has 1 N–H and O–H groups in total. The van der Waals surface area contributed by atoms with Crippen molar-refractivity contribution in [1.82, 2.24) is 20.1 Å². The van der Waals surface area contributed by atoms with Crippen molar-refractivity contribution >= 4 is 0 Å². The first-order chi connectivity index (χ1) is 9.79. The zero-order valence-corrected chi connectivity index (χ0v) is 12.4. The molecular weight excluding hydrogens is 248 g/mol. The Morgan fingerprint density at radius 2 is 2.05 bits per heavy atom. The molecule has 2 rings (SSSR count). The average molecular weight is 272 g/mol. The second-order valence-corrected chi connectivity index (χ2v) is 5.18. The van der Waals surface area contributed by atoms with E-state index in [-0.39, 0.29) is 0 Å². The van der Waals surface area contributed by atoms with Crippen molar-refractivity contribution in [3.05, 3.63) is 48.0 Å². The molecule has 1 aromatic heterocycles. The average Bonchev–Trinajstić information content (AvgIpc) is 2.88. The quantitative estimate of drug-likeness (QED) is 0.802. The maximum atomic E-state index is 4.33. The van der Waals surface area contributed by atoms with Crippen molar-refractivity contribution < 1.29 is 0 Å². The highest BCUT2D eigenvalue weighted by atomic mass is 15.3. The van der Waals surface area contributed by atoms with Crippen LogP contribution in [-0.2, 0) is 19.9 Å². The highest BCUT2D eigenvalue weighted by Crippen LogP contribution is 2.08. The number of aromatic nitrogens is 3. The summed E-state index contributed by atoms with van der Waals surface area (Å²) in [5, 5.41) is 7.77. The summed E-state index contributed by atoms with van der Waals surface area (Å²) in [4.78, 5) is 4.33. The number of hydrogen-bond donors (Lipinski definition) is 1. The Labute approximate surface area is 121 Å². The first-order valence-electron chi connectivity index (χ1n) is 7.39. The number of rotatable bonds is 8. The number of hydrogen-bond acceptors (Lipinski definition) is 3. The first-order valence-corrected chi connectivity index (χ1v) is 7.39. The predicted molar refractivity (Wildman–Crippen MR) is 81.6 cm³/mol. The minimum Gasteiger partial charge on any atom is -0.314 e. The van der Waals surface area contributed by atoms with Crippen LogP contribution in [0.2, 0.25) is 0 Å². The minimum atomic E-state index is 0.457. The number of benzene rings is 1. The van der Waals surface area contributed by atoms with Crippen LogP contribution in [0.5, 0.6) is 0 Å². The van der Waals surface area contributed by atoms with Crippen LogP contribution in [0.3, 0.4) is 0 Å². The van der Waals surface area contributed by atoms with E-state index < -0.39 is 0 Å². The van der Waals surface area contributed by atoms with Crippen LogP contribution < -0.4 is 5.32 Å². The van der Waals surface area contributed by atoms with Crippen molar-refractivity contribution in [2.24, 2.45) is 7.05 Å². The van der Waals surface area contributed by atoms with Gasteiger partial charge < -0.3 is 5.32 Å². The topological polar surface area (TPSA) is 42.7 Å². The Bertz CT molecular complexity index is 492. The summed E-state index contributed by atoms with van der Waals surface area (Å²) >= 11 is 0. The molecule has 0 bridgehead atoms. The number of nitrogens with zero attached hydrogens (tertiary/aromatic N) is 3. The Morgan fingerprint density at radius 1 is 1.25 bits per heavy atom. The van der Waals surface area contributed by atoms with E-state index in [9.17, 15) is 0 Å². The SMILES string of the molecule is CCCNC(CCc1ccccc1)Cc1ncnn1C. The van der Waals surface area contributed by atoms with Gasteiger partial charge in [0.1, 0.15) is 12.2 Å². The summed E-state index contributed by atoms with van der Waals surface area (Å²) in [6.45, 7) is 3.25. The molecule has 1 aromatic carbocycles. The molecule has 0 radical (unpaired) electrons. The van der Waals surface area contributed by atoms with Crippen LogP contribution in [-0.4, -0.2) is 27.4 Å². The van der Waals surface area contributed by atoms with Crippen molar-refractivity contribution in [2.75, 3.05) is 6.54 Å². The van der Waals surface area contributed by atoms with Gasteiger partial charge in [-0.25, -0.2) is 4.98 Å². The van der Waals surface area contributed by atoms with Crippen molar-refractivity contribution in [1.29, 1.82) is 0 Å². The lowest BCUT2D eigenvalue weighted by Gasteiger charge is -2.18. The van der Waals surface area contributed by atoms with E-state index in [0.29, 0.717) is 6.04 Å². The molecule has 4 heteroatoms. The third kappa shape index (κ3) is 4.46. The predicted octanol–water partition coefficient (Wildman–Crippen LogP) is 2.36. The molecule has 2 aromatic rings. The third-order valence-corrected chi connectivity index (χ3v) is 3.54. The standard InChI is InChI=1S/C16H24N4/c1-3-11-17-15(12-16-18-13-19-20(16)2)10-9-14-7-5-4-6-8-14/h4-8,13,15,17H,3,9-12H2,1-2H3. The largest absolute Gasteiger partial charge is 0.314 e. The summed E-state index contributed by atoms with van der Waals surface area (Å²) in [7, 11) is 1.95. The van der Waals surface area contributed by atoms with Crippen LogP contribution in [0.4, 0.5) is 0 Å². The molecule has 0 amide bonds. The molecular formula is C16H24N4. The number of nitrogens with one attached hydrogen (secondary N) is 1. The number of aryl methyl sites for hydroxylation is 2. The zero-order chi connectivity index (χ0) is 14.2. The maximum absolute atomic E-state index is 4.33. The van der Waals surface area contributed by atoms with Crippen LogP contribution >= 0.6 is 0 Å². The molecule has 1 heterocycles. The van der Waals surface area contributed by atoms with Gasteiger partial charge in [-0.2, -0.15) is 5.10 Å². The Kier molecular flexibility index (Phi) is 5.74. The van der Waals surface area contributed by atoms with Gasteiger partial charge in [0.2, 0.25) is 0 Å². The first kappa shape index (κ1) is 14.7. The minimum absolute atomic E-state index is 0.457. The van der Waals surface area contributed by atoms with Crippen LogP contribution in [0.15, 0.2) is 36.7 Å². The molecule has 0 saturated heterocycles. The summed E-state index contributed by atoms with van der Waals surface area (Å²) in [6, 6.07) is 11.1. The Hall–Kier alpha value is -1.68. The van der Waals surface area contributed by atoms with E-state index in [1.54, 1.807) is 6.33 Å². The summed E-state index contributed by atoms with van der Waals surface area (Å²) in [5.74, 6) is 1.05. The molecule has 108 valence electrons. The van der Waals surface area contributed by atoms with E-state index in [1.165, 1.54) is 5.56 Å². The highest BCUT2D eigenvalue weighted by Gasteiger charge is 2.12. The van der Waals surface area contributed by atoms with Gasteiger partial charge in [0.25, 0.3) is 0 Å². The second kappa shape index (κ2) is 7.80. The lowest BCUT2D eigenvalue weighted by molar-refractivity contribution is 0.461. The Morgan fingerprint density at radius 3 is 2.70 bits per heavy atom. The third-order valence-electron chi connectivity index (χ3n) is 3.54.